The standard InChI is InChI=1S/C17H22N4O6/c1-20-6-8-21(9-7-20)19-15(23)14(22)18-13-10-11(16(24)26-2)4-5-12(13)17(25)27-3/h4-5,10H,6-9H2,1-3H3,(H,18,22)(H,19,23). The van der Waals surface area contributed by atoms with Crippen molar-refractivity contribution in [2.45, 2.75) is 0 Å². The molecule has 146 valence electrons. The van der Waals surface area contributed by atoms with Crippen molar-refractivity contribution in [3.63, 3.8) is 0 Å². The van der Waals surface area contributed by atoms with Crippen LogP contribution >= 0.6 is 0 Å². The van der Waals surface area contributed by atoms with Crippen molar-refractivity contribution in [1.82, 2.24) is 15.3 Å². The Morgan fingerprint density at radius 1 is 0.926 bits per heavy atom. The summed E-state index contributed by atoms with van der Waals surface area (Å²) in [5.74, 6) is -3.22. The summed E-state index contributed by atoms with van der Waals surface area (Å²) in [6.07, 6.45) is 0. The van der Waals surface area contributed by atoms with Crippen molar-refractivity contribution in [1.29, 1.82) is 0 Å². The molecular weight excluding hydrogens is 356 g/mol. The smallest absolute Gasteiger partial charge is 0.339 e. The molecule has 0 saturated carbocycles. The highest BCUT2D eigenvalue weighted by Crippen LogP contribution is 2.19. The zero-order chi connectivity index (χ0) is 20.0. The number of amides is 2. The lowest BCUT2D eigenvalue weighted by molar-refractivity contribution is -0.139. The van der Waals surface area contributed by atoms with E-state index in [2.05, 4.69) is 25.1 Å². The van der Waals surface area contributed by atoms with Gasteiger partial charge in [0.1, 0.15) is 0 Å². The third-order valence-electron chi connectivity index (χ3n) is 4.06. The molecule has 1 aliphatic heterocycles. The fourth-order valence-electron chi connectivity index (χ4n) is 2.47. The molecule has 0 bridgehead atoms. The Morgan fingerprint density at radius 3 is 2.15 bits per heavy atom. The van der Waals surface area contributed by atoms with E-state index in [0.717, 1.165) is 13.1 Å². The molecule has 1 aromatic rings. The van der Waals surface area contributed by atoms with Gasteiger partial charge >= 0.3 is 23.8 Å². The Bertz CT molecular complexity index is 743. The van der Waals surface area contributed by atoms with Gasteiger partial charge in [-0.05, 0) is 25.2 Å². The second kappa shape index (κ2) is 9.10. The minimum absolute atomic E-state index is 0.00546. The molecule has 0 unspecified atom stereocenters. The molecule has 2 rings (SSSR count). The average Bonchev–Trinajstić information content (AvgIpc) is 2.68. The van der Waals surface area contributed by atoms with Crippen LogP contribution in [0.1, 0.15) is 20.7 Å². The third-order valence-corrected chi connectivity index (χ3v) is 4.06. The zero-order valence-electron chi connectivity index (χ0n) is 15.4. The second-order valence-corrected chi connectivity index (χ2v) is 5.93. The van der Waals surface area contributed by atoms with Crippen molar-refractivity contribution in [2.75, 3.05) is 52.8 Å². The van der Waals surface area contributed by atoms with E-state index in [4.69, 9.17) is 0 Å². The van der Waals surface area contributed by atoms with Crippen LogP contribution in [0.15, 0.2) is 18.2 Å². The number of nitrogens with one attached hydrogen (secondary N) is 2. The first kappa shape index (κ1) is 20.3. The molecule has 10 nitrogen and oxygen atoms in total. The number of nitrogens with zero attached hydrogens (tertiary/aromatic N) is 2. The van der Waals surface area contributed by atoms with E-state index >= 15 is 0 Å². The first-order chi connectivity index (χ1) is 12.8. The summed E-state index contributed by atoms with van der Waals surface area (Å²) in [5, 5.41) is 3.99. The van der Waals surface area contributed by atoms with Gasteiger partial charge < -0.3 is 19.7 Å². The number of carbonyl (C=O) groups excluding carboxylic acids is 4. The summed E-state index contributed by atoms with van der Waals surface area (Å²) in [6, 6.07) is 3.92. The van der Waals surface area contributed by atoms with Gasteiger partial charge in [0.25, 0.3) is 0 Å². The van der Waals surface area contributed by atoms with Gasteiger partial charge in [0, 0.05) is 26.2 Å². The quantitative estimate of drug-likeness (QED) is 0.531. The largest absolute Gasteiger partial charge is 0.465 e. The van der Waals surface area contributed by atoms with E-state index < -0.39 is 23.8 Å². The fourth-order valence-corrected chi connectivity index (χ4v) is 2.47. The minimum atomic E-state index is -0.971. The van der Waals surface area contributed by atoms with E-state index in [9.17, 15) is 19.2 Å². The van der Waals surface area contributed by atoms with Crippen LogP contribution in [0.5, 0.6) is 0 Å². The molecule has 1 aromatic carbocycles. The molecule has 0 aromatic heterocycles. The molecule has 2 N–H and O–H groups in total. The van der Waals surface area contributed by atoms with E-state index in [1.165, 1.54) is 32.4 Å². The van der Waals surface area contributed by atoms with Crippen LogP contribution in [0.25, 0.3) is 0 Å². The second-order valence-electron chi connectivity index (χ2n) is 5.93. The first-order valence-corrected chi connectivity index (χ1v) is 8.22. The van der Waals surface area contributed by atoms with Crippen LogP contribution in [0, 0.1) is 0 Å². The lowest BCUT2D eigenvalue weighted by Gasteiger charge is -2.32. The van der Waals surface area contributed by atoms with Gasteiger partial charge in [0.2, 0.25) is 0 Å². The SMILES string of the molecule is COC(=O)c1ccc(C(=O)OC)c(NC(=O)C(=O)NN2CCN(C)CC2)c1. The van der Waals surface area contributed by atoms with Crippen LogP contribution in [0.3, 0.4) is 0 Å². The summed E-state index contributed by atoms with van der Waals surface area (Å²) in [7, 11) is 4.36. The third kappa shape index (κ3) is 5.25. The number of likely N-dealkylation sites (N-methyl/N-ethyl adjacent to an activating group) is 1. The summed E-state index contributed by atoms with van der Waals surface area (Å²) in [4.78, 5) is 50.0. The number of piperazine rings is 1. The van der Waals surface area contributed by atoms with Gasteiger partial charge in [0.15, 0.2) is 0 Å². The summed E-state index contributed by atoms with van der Waals surface area (Å²) >= 11 is 0. The van der Waals surface area contributed by atoms with Crippen molar-refractivity contribution in [3.05, 3.63) is 29.3 Å². The van der Waals surface area contributed by atoms with Crippen LogP contribution in [-0.2, 0) is 19.1 Å². The molecule has 27 heavy (non-hydrogen) atoms. The highest BCUT2D eigenvalue weighted by molar-refractivity contribution is 6.39. The van der Waals surface area contributed by atoms with E-state index in [1.807, 2.05) is 7.05 Å². The Morgan fingerprint density at radius 2 is 1.56 bits per heavy atom. The summed E-state index contributed by atoms with van der Waals surface area (Å²) < 4.78 is 9.28. The number of hydrogen-bond acceptors (Lipinski definition) is 8. The Labute approximate surface area is 156 Å². The number of rotatable bonds is 4. The van der Waals surface area contributed by atoms with Crippen LogP contribution in [0.2, 0.25) is 0 Å². The molecule has 10 heteroatoms. The van der Waals surface area contributed by atoms with Crippen LogP contribution in [0.4, 0.5) is 5.69 Å². The highest BCUT2D eigenvalue weighted by atomic mass is 16.5. The number of anilines is 1. The average molecular weight is 378 g/mol. The normalized spacial score (nSPS) is 14.9. The van der Waals surface area contributed by atoms with E-state index in [-0.39, 0.29) is 16.8 Å². The molecular formula is C17H22N4O6. The Kier molecular flexibility index (Phi) is 6.85. The van der Waals surface area contributed by atoms with Crippen molar-refractivity contribution in [2.24, 2.45) is 0 Å². The van der Waals surface area contributed by atoms with Gasteiger partial charge in [-0.1, -0.05) is 0 Å². The van der Waals surface area contributed by atoms with Gasteiger partial charge in [-0.3, -0.25) is 15.0 Å². The Hall–Kier alpha value is -2.98. The maximum Gasteiger partial charge on any atom is 0.339 e. The maximum atomic E-state index is 12.2. The summed E-state index contributed by atoms with van der Waals surface area (Å²) in [5.41, 5.74) is 2.61. The number of ether oxygens (including phenoxy) is 2. The first-order valence-electron chi connectivity index (χ1n) is 8.22. The van der Waals surface area contributed by atoms with Gasteiger partial charge in [0.05, 0.1) is 31.0 Å². The molecule has 0 aliphatic carbocycles. The lowest BCUT2D eigenvalue weighted by Crippen LogP contribution is -2.54. The molecule has 1 saturated heterocycles. The summed E-state index contributed by atoms with van der Waals surface area (Å²) in [6.45, 7) is 2.69. The van der Waals surface area contributed by atoms with Gasteiger partial charge in [-0.15, -0.1) is 0 Å². The number of hydrogen-bond donors (Lipinski definition) is 2. The number of methoxy groups -OCH3 is 2. The molecule has 0 spiro atoms. The van der Waals surface area contributed by atoms with Gasteiger partial charge in [-0.25, -0.2) is 14.6 Å². The highest BCUT2D eigenvalue weighted by Gasteiger charge is 2.23. The molecule has 0 atom stereocenters. The van der Waals surface area contributed by atoms with E-state index in [1.54, 1.807) is 5.01 Å². The topological polar surface area (TPSA) is 117 Å². The molecule has 1 fully saturated rings. The molecule has 1 heterocycles. The monoisotopic (exact) mass is 378 g/mol. The minimum Gasteiger partial charge on any atom is -0.465 e. The Balaban J connectivity index is 2.13. The fraction of sp³-hybridized carbons (Fsp3) is 0.412. The molecule has 1 aliphatic rings. The predicted octanol–water partition coefficient (Wildman–Crippen LogP) is -0.523. The van der Waals surface area contributed by atoms with Crippen LogP contribution < -0.4 is 10.7 Å². The maximum absolute atomic E-state index is 12.2. The predicted molar refractivity (Wildman–Crippen MR) is 95.0 cm³/mol. The van der Waals surface area contributed by atoms with Crippen molar-refractivity contribution in [3.8, 4) is 0 Å². The molecule has 2 amide bonds. The number of carbonyl (C=O) groups is 4. The van der Waals surface area contributed by atoms with Crippen molar-refractivity contribution < 1.29 is 28.7 Å². The van der Waals surface area contributed by atoms with Crippen LogP contribution in [-0.4, -0.2) is 81.1 Å². The number of hydrazine groups is 1. The van der Waals surface area contributed by atoms with Gasteiger partial charge in [-0.2, -0.15) is 0 Å². The van der Waals surface area contributed by atoms with Crippen molar-refractivity contribution >= 4 is 29.4 Å². The number of benzene rings is 1. The lowest BCUT2D eigenvalue weighted by atomic mass is 10.1. The molecule has 0 radical (unpaired) electrons. The zero-order valence-corrected chi connectivity index (χ0v) is 15.4. The number of esters is 2. The van der Waals surface area contributed by atoms with E-state index in [0.29, 0.717) is 13.1 Å².